The Balaban J connectivity index is 2.69. The topological polar surface area (TPSA) is 129 Å². The summed E-state index contributed by atoms with van der Waals surface area (Å²) in [5.74, 6) is -2.40. The lowest BCUT2D eigenvalue weighted by Crippen LogP contribution is -2.43. The molecule has 8 nitrogen and oxygen atoms in total. The van der Waals surface area contributed by atoms with E-state index >= 15 is 0 Å². The molecule has 0 aliphatic carbocycles. The van der Waals surface area contributed by atoms with E-state index in [1.807, 2.05) is 0 Å². The maximum absolute atomic E-state index is 12.1. The molecule has 9 heteroatoms. The van der Waals surface area contributed by atoms with Gasteiger partial charge < -0.3 is 20.7 Å². The van der Waals surface area contributed by atoms with Crippen molar-refractivity contribution >= 4 is 35.2 Å². The number of carbonyl (C=O) groups is 3. The number of amides is 1. The Morgan fingerprint density at radius 2 is 2.27 bits per heavy atom. The van der Waals surface area contributed by atoms with Gasteiger partial charge >= 0.3 is 12.2 Å². The maximum atomic E-state index is 12.1. The van der Waals surface area contributed by atoms with E-state index in [2.05, 4.69) is 10.1 Å². The lowest BCUT2D eigenvalue weighted by molar-refractivity contribution is -0.144. The molecular formula is C13H15N3O5S. The zero-order valence-corrected chi connectivity index (χ0v) is 12.6. The van der Waals surface area contributed by atoms with Gasteiger partial charge in [-0.3, -0.25) is 9.59 Å². The van der Waals surface area contributed by atoms with Crippen LogP contribution in [0.4, 0.5) is 0 Å². The molecule has 2 N–H and O–H groups in total. The number of carboxylic acid groups (broad SMARTS) is 1. The standard InChI is InChI=1S/C13H15N3O5S/c1-21-11(10-3-2-6-22-10)12(18)16-9(13(19)20)5-4-8(17)7-15-14/h2-3,6-7,9,11H,4-5H2,1H3,(H,16,18)(H,19,20). The van der Waals surface area contributed by atoms with E-state index < -0.39 is 29.8 Å². The summed E-state index contributed by atoms with van der Waals surface area (Å²) in [4.78, 5) is 37.7. The number of carbonyl (C=O) groups excluding carboxylic acids is 2. The van der Waals surface area contributed by atoms with E-state index in [9.17, 15) is 14.4 Å². The van der Waals surface area contributed by atoms with Crippen LogP contribution in [0.2, 0.25) is 0 Å². The van der Waals surface area contributed by atoms with Gasteiger partial charge in [-0.05, 0) is 17.9 Å². The highest BCUT2D eigenvalue weighted by molar-refractivity contribution is 7.10. The van der Waals surface area contributed by atoms with E-state index in [0.29, 0.717) is 11.1 Å². The van der Waals surface area contributed by atoms with Crippen LogP contribution in [0.15, 0.2) is 17.5 Å². The van der Waals surface area contributed by atoms with Gasteiger partial charge in [-0.2, -0.15) is 4.79 Å². The number of ketones is 1. The summed E-state index contributed by atoms with van der Waals surface area (Å²) >= 11 is 1.31. The fraction of sp³-hybridized carbons (Fsp3) is 0.385. The van der Waals surface area contributed by atoms with E-state index in [0.717, 1.165) is 0 Å². The summed E-state index contributed by atoms with van der Waals surface area (Å²) in [6.45, 7) is 0. The first-order chi connectivity index (χ1) is 10.5. The van der Waals surface area contributed by atoms with Crippen molar-refractivity contribution in [2.45, 2.75) is 25.0 Å². The Morgan fingerprint density at radius 3 is 2.77 bits per heavy atom. The summed E-state index contributed by atoms with van der Waals surface area (Å²) < 4.78 is 5.09. The summed E-state index contributed by atoms with van der Waals surface area (Å²) in [5.41, 5.74) is 8.21. The summed E-state index contributed by atoms with van der Waals surface area (Å²) in [5, 5.41) is 13.2. The number of rotatable bonds is 9. The number of carboxylic acids is 1. The number of thiophene rings is 1. The van der Waals surface area contributed by atoms with Crippen molar-refractivity contribution in [2.24, 2.45) is 0 Å². The minimum absolute atomic E-state index is 0.118. The quantitative estimate of drug-likeness (QED) is 0.391. The smallest absolute Gasteiger partial charge is 0.326 e. The van der Waals surface area contributed by atoms with Gasteiger partial charge in [-0.25, -0.2) is 4.79 Å². The van der Waals surface area contributed by atoms with Crippen LogP contribution in [0.25, 0.3) is 5.53 Å². The van der Waals surface area contributed by atoms with Crippen molar-refractivity contribution < 1.29 is 29.0 Å². The summed E-state index contributed by atoms with van der Waals surface area (Å²) in [6.07, 6.45) is -0.508. The molecule has 0 spiro atoms. The number of nitrogens with zero attached hydrogens (tertiary/aromatic N) is 2. The van der Waals surface area contributed by atoms with Crippen LogP contribution in [-0.4, -0.2) is 46.9 Å². The number of Topliss-reactive ketones (excluding diaryl/α,β-unsaturated/α-hetero) is 1. The minimum atomic E-state index is -1.26. The third-order valence-electron chi connectivity index (χ3n) is 2.77. The number of hydrogen-bond donors (Lipinski definition) is 2. The first-order valence-electron chi connectivity index (χ1n) is 6.29. The number of ether oxygens (including phenoxy) is 1. The highest BCUT2D eigenvalue weighted by Crippen LogP contribution is 2.22. The molecule has 1 rings (SSSR count). The number of aliphatic carboxylic acids is 1. The fourth-order valence-corrected chi connectivity index (χ4v) is 2.51. The van der Waals surface area contributed by atoms with Crippen LogP contribution in [-0.2, 0) is 19.1 Å². The third kappa shape index (κ3) is 5.21. The zero-order valence-electron chi connectivity index (χ0n) is 11.8. The lowest BCUT2D eigenvalue weighted by atomic mass is 10.1. The molecule has 22 heavy (non-hydrogen) atoms. The Kier molecular flexibility index (Phi) is 7.11. The third-order valence-corrected chi connectivity index (χ3v) is 3.69. The normalized spacial score (nSPS) is 12.8. The fourth-order valence-electron chi connectivity index (χ4n) is 1.71. The van der Waals surface area contributed by atoms with Crippen LogP contribution in [0.1, 0.15) is 23.8 Å². The van der Waals surface area contributed by atoms with E-state index in [4.69, 9.17) is 15.4 Å². The summed E-state index contributed by atoms with van der Waals surface area (Å²) in [6, 6.07) is 2.22. The molecular weight excluding hydrogens is 310 g/mol. The van der Waals surface area contributed by atoms with Crippen LogP contribution < -0.4 is 5.32 Å². The van der Waals surface area contributed by atoms with E-state index in [1.165, 1.54) is 18.4 Å². The number of methoxy groups -OCH3 is 1. The van der Waals surface area contributed by atoms with Gasteiger partial charge in [0.15, 0.2) is 6.10 Å². The van der Waals surface area contributed by atoms with E-state index in [-0.39, 0.29) is 12.8 Å². The molecule has 0 aliphatic rings. The van der Waals surface area contributed by atoms with Gasteiger partial charge in [0.05, 0.1) is 0 Å². The molecule has 0 aromatic carbocycles. The average molecular weight is 325 g/mol. The largest absolute Gasteiger partial charge is 0.480 e. The number of hydrogen-bond acceptors (Lipinski definition) is 5. The lowest BCUT2D eigenvalue weighted by Gasteiger charge is -2.18. The van der Waals surface area contributed by atoms with Gasteiger partial charge in [0, 0.05) is 18.4 Å². The molecule has 1 amide bonds. The molecule has 0 fully saturated rings. The molecule has 1 heterocycles. The molecule has 2 unspecified atom stereocenters. The van der Waals surface area contributed by atoms with Crippen molar-refractivity contribution in [3.63, 3.8) is 0 Å². The maximum Gasteiger partial charge on any atom is 0.326 e. The molecule has 0 radical (unpaired) electrons. The second-order valence-corrected chi connectivity index (χ2v) is 5.26. The molecule has 0 saturated carbocycles. The Bertz CT molecular complexity index is 581. The van der Waals surface area contributed by atoms with Gasteiger partial charge in [-0.1, -0.05) is 6.07 Å². The molecule has 1 aromatic heterocycles. The zero-order chi connectivity index (χ0) is 16.5. The Morgan fingerprint density at radius 1 is 1.55 bits per heavy atom. The monoisotopic (exact) mass is 325 g/mol. The first kappa shape index (κ1) is 17.7. The van der Waals surface area contributed by atoms with E-state index in [1.54, 1.807) is 17.5 Å². The molecule has 118 valence electrons. The molecule has 0 saturated heterocycles. The van der Waals surface area contributed by atoms with Crippen molar-refractivity contribution in [3.05, 3.63) is 27.9 Å². The van der Waals surface area contributed by atoms with Crippen LogP contribution in [0.3, 0.4) is 0 Å². The van der Waals surface area contributed by atoms with Crippen molar-refractivity contribution in [2.75, 3.05) is 7.11 Å². The van der Waals surface area contributed by atoms with Gasteiger partial charge in [-0.15, -0.1) is 11.3 Å². The Hall–Kier alpha value is -2.35. The van der Waals surface area contributed by atoms with Crippen molar-refractivity contribution in [1.29, 1.82) is 0 Å². The van der Waals surface area contributed by atoms with Crippen LogP contribution >= 0.6 is 11.3 Å². The van der Waals surface area contributed by atoms with Crippen LogP contribution in [0.5, 0.6) is 0 Å². The predicted octanol–water partition coefficient (Wildman–Crippen LogP) is 0.655. The SMILES string of the molecule is COC(C(=O)NC(CCC(=O)C=[N+]=[N-])C(=O)O)c1cccs1. The second kappa shape index (κ2) is 8.83. The minimum Gasteiger partial charge on any atom is -0.480 e. The van der Waals surface area contributed by atoms with Crippen molar-refractivity contribution in [3.8, 4) is 0 Å². The van der Waals surface area contributed by atoms with Gasteiger partial charge in [0.1, 0.15) is 6.04 Å². The molecule has 1 aromatic rings. The van der Waals surface area contributed by atoms with Gasteiger partial charge in [0.25, 0.3) is 5.91 Å². The van der Waals surface area contributed by atoms with Crippen LogP contribution in [0, 0.1) is 0 Å². The second-order valence-electron chi connectivity index (χ2n) is 4.28. The number of nitrogens with one attached hydrogen (secondary N) is 1. The molecule has 2 atom stereocenters. The summed E-state index contributed by atoms with van der Waals surface area (Å²) in [7, 11) is 1.35. The highest BCUT2D eigenvalue weighted by atomic mass is 32.1. The Labute approximate surface area is 130 Å². The van der Waals surface area contributed by atoms with Gasteiger partial charge in [0.2, 0.25) is 5.78 Å². The highest BCUT2D eigenvalue weighted by Gasteiger charge is 2.27. The molecule has 0 aliphatic heterocycles. The predicted molar refractivity (Wildman–Crippen MR) is 77.6 cm³/mol. The average Bonchev–Trinajstić information content (AvgIpc) is 2.98. The molecule has 0 bridgehead atoms. The van der Waals surface area contributed by atoms with Crippen molar-refractivity contribution in [1.82, 2.24) is 5.32 Å². The first-order valence-corrected chi connectivity index (χ1v) is 7.17.